The van der Waals surface area contributed by atoms with Crippen molar-refractivity contribution in [1.82, 2.24) is 0 Å². The first-order valence-corrected chi connectivity index (χ1v) is 7.16. The molecule has 22 heavy (non-hydrogen) atoms. The summed E-state index contributed by atoms with van der Waals surface area (Å²) in [6.45, 7) is 2.33. The van der Waals surface area contributed by atoms with Crippen LogP contribution >= 0.6 is 0 Å². The molecule has 0 atom stereocenters. The molecule has 4 nitrogen and oxygen atoms in total. The van der Waals surface area contributed by atoms with E-state index in [1.165, 1.54) is 0 Å². The Bertz CT molecular complexity index is 765. The lowest BCUT2D eigenvalue weighted by Gasteiger charge is -2.08. The maximum atomic E-state index is 12.4. The third kappa shape index (κ3) is 2.33. The van der Waals surface area contributed by atoms with Crippen LogP contribution in [0.4, 0.5) is 5.69 Å². The van der Waals surface area contributed by atoms with E-state index in [2.05, 4.69) is 0 Å². The van der Waals surface area contributed by atoms with Crippen molar-refractivity contribution >= 4 is 23.2 Å². The highest BCUT2D eigenvalue weighted by Gasteiger charge is 2.28. The van der Waals surface area contributed by atoms with Crippen molar-refractivity contribution in [3.63, 3.8) is 0 Å². The third-order valence-electron chi connectivity index (χ3n) is 3.69. The molecule has 0 radical (unpaired) electrons. The summed E-state index contributed by atoms with van der Waals surface area (Å²) >= 11 is 0. The van der Waals surface area contributed by atoms with Gasteiger partial charge in [0.15, 0.2) is 11.5 Å². The number of fused-ring (bicyclic) bond motifs is 1. The van der Waals surface area contributed by atoms with Gasteiger partial charge in [0.25, 0.3) is 5.91 Å². The summed E-state index contributed by atoms with van der Waals surface area (Å²) < 4.78 is 5.38. The molecule has 0 saturated carbocycles. The molecule has 1 heterocycles. The molecule has 0 spiro atoms. The Hall–Kier alpha value is -2.75. The van der Waals surface area contributed by atoms with E-state index in [1.807, 2.05) is 37.3 Å². The van der Waals surface area contributed by atoms with Crippen molar-refractivity contribution in [2.24, 2.45) is 0 Å². The molecule has 1 aliphatic rings. The Morgan fingerprint density at radius 3 is 2.77 bits per heavy atom. The Morgan fingerprint density at radius 2 is 2.00 bits per heavy atom. The summed E-state index contributed by atoms with van der Waals surface area (Å²) in [5.74, 6) is 0.482. The van der Waals surface area contributed by atoms with E-state index in [0.29, 0.717) is 17.9 Å². The molecule has 2 aromatic rings. The number of para-hydroxylation sites is 1. The number of amides is 1. The summed E-state index contributed by atoms with van der Waals surface area (Å²) in [6, 6.07) is 12.8. The fourth-order valence-corrected chi connectivity index (χ4v) is 2.60. The fourth-order valence-electron chi connectivity index (χ4n) is 2.60. The number of anilines is 1. The van der Waals surface area contributed by atoms with Crippen LogP contribution in [0.2, 0.25) is 0 Å². The molecule has 0 fully saturated rings. The Balaban J connectivity index is 2.06. The second-order valence-corrected chi connectivity index (χ2v) is 5.10. The van der Waals surface area contributed by atoms with Crippen molar-refractivity contribution in [2.75, 3.05) is 18.6 Å². The minimum atomic E-state index is -0.0350. The second-order valence-electron chi connectivity index (χ2n) is 5.10. The van der Waals surface area contributed by atoms with Gasteiger partial charge in [-0.1, -0.05) is 24.3 Å². The van der Waals surface area contributed by atoms with E-state index in [0.717, 1.165) is 16.8 Å². The Kier molecular flexibility index (Phi) is 3.59. The monoisotopic (exact) mass is 295 g/mol. The van der Waals surface area contributed by atoms with Crippen LogP contribution in [0.1, 0.15) is 18.1 Å². The predicted molar refractivity (Wildman–Crippen MR) is 87.0 cm³/mol. The molecule has 2 aromatic carbocycles. The number of benzene rings is 2. The zero-order valence-corrected chi connectivity index (χ0v) is 12.5. The summed E-state index contributed by atoms with van der Waals surface area (Å²) in [7, 11) is 1.77. The van der Waals surface area contributed by atoms with Gasteiger partial charge in [-0.3, -0.25) is 4.79 Å². The van der Waals surface area contributed by atoms with Crippen LogP contribution in [-0.4, -0.2) is 24.7 Å². The minimum absolute atomic E-state index is 0.0350. The van der Waals surface area contributed by atoms with Gasteiger partial charge < -0.3 is 14.7 Å². The second kappa shape index (κ2) is 5.56. The molecule has 1 aliphatic heterocycles. The van der Waals surface area contributed by atoms with Gasteiger partial charge in [0.2, 0.25) is 0 Å². The van der Waals surface area contributed by atoms with Crippen molar-refractivity contribution in [3.8, 4) is 11.5 Å². The van der Waals surface area contributed by atoms with Gasteiger partial charge in [-0.2, -0.15) is 0 Å². The lowest BCUT2D eigenvalue weighted by atomic mass is 10.0. The average Bonchev–Trinajstić information content (AvgIpc) is 2.76. The van der Waals surface area contributed by atoms with Gasteiger partial charge in [0.05, 0.1) is 12.3 Å². The maximum Gasteiger partial charge on any atom is 0.258 e. The summed E-state index contributed by atoms with van der Waals surface area (Å²) in [5.41, 5.74) is 3.28. The van der Waals surface area contributed by atoms with E-state index in [1.54, 1.807) is 30.1 Å². The predicted octanol–water partition coefficient (Wildman–Crippen LogP) is 3.31. The molecule has 3 rings (SSSR count). The molecule has 4 heteroatoms. The summed E-state index contributed by atoms with van der Waals surface area (Å²) in [6.07, 6.45) is 1.83. The number of carbonyl (C=O) groups is 1. The van der Waals surface area contributed by atoms with Crippen LogP contribution < -0.4 is 9.64 Å². The highest BCUT2D eigenvalue weighted by atomic mass is 16.5. The number of hydrogen-bond donors (Lipinski definition) is 1. The Morgan fingerprint density at radius 1 is 1.23 bits per heavy atom. The van der Waals surface area contributed by atoms with E-state index in [-0.39, 0.29) is 11.7 Å². The van der Waals surface area contributed by atoms with Crippen LogP contribution in [0.3, 0.4) is 0 Å². The number of phenols is 1. The topological polar surface area (TPSA) is 49.8 Å². The standard InChI is InChI=1S/C18H17NO3/c1-3-22-17-11-12(8-9-16(17)20)10-14-13-6-4-5-7-15(13)19(2)18(14)21/h4-11,20H,3H2,1-2H3/b14-10+. The molecule has 0 unspecified atom stereocenters. The van der Waals surface area contributed by atoms with Crippen molar-refractivity contribution in [1.29, 1.82) is 0 Å². The zero-order chi connectivity index (χ0) is 15.7. The highest BCUT2D eigenvalue weighted by molar-refractivity contribution is 6.35. The number of hydrogen-bond acceptors (Lipinski definition) is 3. The van der Waals surface area contributed by atoms with Gasteiger partial charge in [-0.25, -0.2) is 0 Å². The van der Waals surface area contributed by atoms with Crippen LogP contribution in [0.25, 0.3) is 11.6 Å². The van der Waals surface area contributed by atoms with Crippen molar-refractivity contribution in [3.05, 3.63) is 53.6 Å². The molecule has 112 valence electrons. The van der Waals surface area contributed by atoms with Crippen molar-refractivity contribution < 1.29 is 14.6 Å². The van der Waals surface area contributed by atoms with Gasteiger partial charge in [-0.05, 0) is 36.8 Å². The summed E-state index contributed by atoms with van der Waals surface area (Å²) in [5, 5.41) is 9.76. The van der Waals surface area contributed by atoms with E-state index >= 15 is 0 Å². The molecule has 0 aromatic heterocycles. The normalized spacial score (nSPS) is 15.3. The number of carbonyl (C=O) groups excluding carboxylic acids is 1. The smallest absolute Gasteiger partial charge is 0.258 e. The molecule has 1 N–H and O–H groups in total. The van der Waals surface area contributed by atoms with Crippen LogP contribution in [0.5, 0.6) is 11.5 Å². The van der Waals surface area contributed by atoms with E-state index in [4.69, 9.17) is 4.74 Å². The fraction of sp³-hybridized carbons (Fsp3) is 0.167. The van der Waals surface area contributed by atoms with Gasteiger partial charge in [0.1, 0.15) is 0 Å². The largest absolute Gasteiger partial charge is 0.504 e. The SMILES string of the molecule is CCOc1cc(/C=C2/C(=O)N(C)c3ccccc32)ccc1O. The lowest BCUT2D eigenvalue weighted by Crippen LogP contribution is -2.20. The first-order valence-electron chi connectivity index (χ1n) is 7.16. The number of phenolic OH excluding ortho intramolecular Hbond substituents is 1. The van der Waals surface area contributed by atoms with Crippen LogP contribution in [0, 0.1) is 0 Å². The molecular formula is C18H17NO3. The van der Waals surface area contributed by atoms with Crippen LogP contribution in [-0.2, 0) is 4.79 Å². The molecule has 0 saturated heterocycles. The molecule has 0 aliphatic carbocycles. The molecular weight excluding hydrogens is 278 g/mol. The Labute approximate surface area is 129 Å². The number of nitrogens with zero attached hydrogens (tertiary/aromatic N) is 1. The third-order valence-corrected chi connectivity index (χ3v) is 3.69. The average molecular weight is 295 g/mol. The van der Waals surface area contributed by atoms with E-state index < -0.39 is 0 Å². The number of rotatable bonds is 3. The van der Waals surface area contributed by atoms with Gasteiger partial charge in [0, 0.05) is 18.2 Å². The van der Waals surface area contributed by atoms with Gasteiger partial charge in [-0.15, -0.1) is 0 Å². The first kappa shape index (κ1) is 14.2. The highest BCUT2D eigenvalue weighted by Crippen LogP contribution is 2.37. The molecule has 1 amide bonds. The quantitative estimate of drug-likeness (QED) is 0.884. The lowest BCUT2D eigenvalue weighted by molar-refractivity contribution is -0.112. The first-order chi connectivity index (χ1) is 10.6. The summed E-state index contributed by atoms with van der Waals surface area (Å²) in [4.78, 5) is 14.1. The zero-order valence-electron chi connectivity index (χ0n) is 12.5. The number of likely N-dealkylation sites (N-methyl/N-ethyl adjacent to an activating group) is 1. The minimum Gasteiger partial charge on any atom is -0.504 e. The number of ether oxygens (including phenoxy) is 1. The van der Waals surface area contributed by atoms with Crippen LogP contribution in [0.15, 0.2) is 42.5 Å². The van der Waals surface area contributed by atoms with Crippen molar-refractivity contribution in [2.45, 2.75) is 6.92 Å². The maximum absolute atomic E-state index is 12.4. The van der Waals surface area contributed by atoms with Gasteiger partial charge >= 0.3 is 0 Å². The van der Waals surface area contributed by atoms with E-state index in [9.17, 15) is 9.90 Å². The number of aromatic hydroxyl groups is 1. The molecule has 0 bridgehead atoms.